The van der Waals surface area contributed by atoms with Crippen LogP contribution in [0.25, 0.3) is 0 Å². The van der Waals surface area contributed by atoms with Crippen LogP contribution in [-0.4, -0.2) is 13.1 Å². The van der Waals surface area contributed by atoms with E-state index < -0.39 is 10.8 Å². The molecule has 1 aromatic rings. The Kier molecular flexibility index (Phi) is 4.23. The van der Waals surface area contributed by atoms with Crippen molar-refractivity contribution < 1.29 is 9.53 Å². The second kappa shape index (κ2) is 5.01. The zero-order chi connectivity index (χ0) is 10.7. The van der Waals surface area contributed by atoms with Crippen molar-refractivity contribution in [2.45, 2.75) is 4.83 Å². The maximum Gasteiger partial charge on any atom is 0.324 e. The van der Waals surface area contributed by atoms with E-state index in [1.165, 1.54) is 7.11 Å². The molecule has 0 N–H and O–H groups in total. The summed E-state index contributed by atoms with van der Waals surface area (Å²) in [5.41, 5.74) is 0.642. The Labute approximate surface area is 100 Å². The van der Waals surface area contributed by atoms with Crippen molar-refractivity contribution in [1.82, 2.24) is 0 Å². The monoisotopic (exact) mass is 296 g/mol. The van der Waals surface area contributed by atoms with Gasteiger partial charge < -0.3 is 4.74 Å². The van der Waals surface area contributed by atoms with Gasteiger partial charge in [-0.15, -0.1) is 0 Å². The second-order valence-electron chi connectivity index (χ2n) is 2.55. The molecule has 1 aromatic carbocycles. The Morgan fingerprint density at radius 1 is 1.50 bits per heavy atom. The minimum absolute atomic E-state index is 0.394. The number of benzene rings is 1. The highest BCUT2D eigenvalue weighted by atomic mass is 79.9. The highest BCUT2D eigenvalue weighted by molar-refractivity contribution is 9.09. The molecular weight excluding hydrogens is 291 g/mol. The largest absolute Gasteiger partial charge is 0.468 e. The van der Waals surface area contributed by atoms with Gasteiger partial charge in [0.25, 0.3) is 0 Å². The standard InChI is InChI=1S/C9H7BrCl2O2/c1-14-9(13)8(10)6-3-2-5(11)4-7(6)12/h2-4,8H,1H3/t8-/m0/s1. The number of carbonyl (C=O) groups excluding carboxylic acids is 1. The summed E-state index contributed by atoms with van der Waals surface area (Å²) >= 11 is 14.8. The quantitative estimate of drug-likeness (QED) is 0.616. The fourth-order valence-electron chi connectivity index (χ4n) is 0.937. The van der Waals surface area contributed by atoms with E-state index in [1.54, 1.807) is 18.2 Å². The minimum atomic E-state index is -0.558. The molecule has 0 unspecified atom stereocenters. The van der Waals surface area contributed by atoms with Crippen molar-refractivity contribution in [3.63, 3.8) is 0 Å². The van der Waals surface area contributed by atoms with E-state index >= 15 is 0 Å². The van der Waals surface area contributed by atoms with Crippen molar-refractivity contribution in [3.05, 3.63) is 33.8 Å². The molecule has 0 radical (unpaired) electrons. The normalized spacial score (nSPS) is 12.3. The van der Waals surface area contributed by atoms with Gasteiger partial charge in [0.05, 0.1) is 7.11 Å². The molecule has 0 spiro atoms. The molecule has 2 nitrogen and oxygen atoms in total. The molecule has 0 fully saturated rings. The van der Waals surface area contributed by atoms with E-state index in [-0.39, 0.29) is 0 Å². The predicted octanol–water partition coefficient (Wildman–Crippen LogP) is 3.60. The summed E-state index contributed by atoms with van der Waals surface area (Å²) in [6.45, 7) is 0. The Balaban J connectivity index is 3.01. The first-order valence-electron chi connectivity index (χ1n) is 3.73. The van der Waals surface area contributed by atoms with Crippen LogP contribution in [0.1, 0.15) is 10.4 Å². The molecular formula is C9H7BrCl2O2. The van der Waals surface area contributed by atoms with Gasteiger partial charge in [-0.25, -0.2) is 0 Å². The molecule has 76 valence electrons. The average molecular weight is 298 g/mol. The number of halogens is 3. The van der Waals surface area contributed by atoms with Gasteiger partial charge in [0.15, 0.2) is 0 Å². The Bertz CT molecular complexity index is 355. The number of hydrogen-bond acceptors (Lipinski definition) is 2. The molecule has 1 rings (SSSR count). The third kappa shape index (κ3) is 2.62. The van der Waals surface area contributed by atoms with Gasteiger partial charge in [-0.1, -0.05) is 45.2 Å². The zero-order valence-electron chi connectivity index (χ0n) is 7.26. The molecule has 0 aromatic heterocycles. The Morgan fingerprint density at radius 2 is 2.14 bits per heavy atom. The lowest BCUT2D eigenvalue weighted by Gasteiger charge is -2.09. The number of rotatable bonds is 2. The van der Waals surface area contributed by atoms with Crippen LogP contribution in [0.15, 0.2) is 18.2 Å². The van der Waals surface area contributed by atoms with E-state index in [4.69, 9.17) is 23.2 Å². The van der Waals surface area contributed by atoms with E-state index in [1.807, 2.05) is 0 Å². The molecule has 0 aliphatic heterocycles. The topological polar surface area (TPSA) is 26.3 Å². The molecule has 14 heavy (non-hydrogen) atoms. The third-order valence-corrected chi connectivity index (χ3v) is 3.07. The van der Waals surface area contributed by atoms with Gasteiger partial charge in [0.2, 0.25) is 0 Å². The summed E-state index contributed by atoms with van der Waals surface area (Å²) in [6.07, 6.45) is 0. The summed E-state index contributed by atoms with van der Waals surface area (Å²) in [7, 11) is 1.32. The highest BCUT2D eigenvalue weighted by Gasteiger charge is 2.20. The molecule has 0 heterocycles. The molecule has 0 bridgehead atoms. The number of esters is 1. The summed E-state index contributed by atoms with van der Waals surface area (Å²) < 4.78 is 4.57. The Morgan fingerprint density at radius 3 is 2.64 bits per heavy atom. The first-order valence-corrected chi connectivity index (χ1v) is 5.40. The number of alkyl halides is 1. The lowest BCUT2D eigenvalue weighted by Crippen LogP contribution is -2.08. The summed E-state index contributed by atoms with van der Waals surface area (Å²) in [6, 6.07) is 4.93. The van der Waals surface area contributed by atoms with Crippen LogP contribution in [0.2, 0.25) is 10.0 Å². The summed E-state index contributed by atoms with van der Waals surface area (Å²) in [4.78, 5) is 10.6. The molecule has 0 saturated heterocycles. The maximum absolute atomic E-state index is 11.2. The molecule has 5 heteroatoms. The van der Waals surface area contributed by atoms with Crippen LogP contribution in [0.4, 0.5) is 0 Å². The van der Waals surface area contributed by atoms with Crippen molar-refractivity contribution >= 4 is 45.1 Å². The SMILES string of the molecule is COC(=O)[C@@H](Br)c1ccc(Cl)cc1Cl. The van der Waals surface area contributed by atoms with Crippen LogP contribution in [0.3, 0.4) is 0 Å². The molecule has 0 amide bonds. The number of ether oxygens (including phenoxy) is 1. The van der Waals surface area contributed by atoms with Crippen LogP contribution in [0, 0.1) is 0 Å². The molecule has 1 atom stereocenters. The Hall–Kier alpha value is -0.250. The van der Waals surface area contributed by atoms with Gasteiger partial charge in [-0.3, -0.25) is 4.79 Å². The van der Waals surface area contributed by atoms with Gasteiger partial charge in [-0.05, 0) is 17.7 Å². The third-order valence-electron chi connectivity index (χ3n) is 1.64. The average Bonchev–Trinajstić information content (AvgIpc) is 2.15. The van der Waals surface area contributed by atoms with Crippen LogP contribution < -0.4 is 0 Å². The maximum atomic E-state index is 11.2. The van der Waals surface area contributed by atoms with Crippen molar-refractivity contribution in [2.24, 2.45) is 0 Å². The predicted molar refractivity (Wildman–Crippen MR) is 60.1 cm³/mol. The van der Waals surface area contributed by atoms with E-state index in [0.29, 0.717) is 15.6 Å². The first kappa shape index (κ1) is 11.8. The lowest BCUT2D eigenvalue weighted by atomic mass is 10.1. The van der Waals surface area contributed by atoms with E-state index in [9.17, 15) is 4.79 Å². The van der Waals surface area contributed by atoms with Crippen LogP contribution >= 0.6 is 39.1 Å². The smallest absolute Gasteiger partial charge is 0.324 e. The van der Waals surface area contributed by atoms with Crippen LogP contribution in [-0.2, 0) is 9.53 Å². The van der Waals surface area contributed by atoms with Crippen molar-refractivity contribution in [1.29, 1.82) is 0 Å². The molecule has 0 aliphatic carbocycles. The lowest BCUT2D eigenvalue weighted by molar-refractivity contribution is -0.139. The first-order chi connectivity index (χ1) is 6.56. The van der Waals surface area contributed by atoms with Crippen molar-refractivity contribution in [3.8, 4) is 0 Å². The van der Waals surface area contributed by atoms with E-state index in [0.717, 1.165) is 0 Å². The highest BCUT2D eigenvalue weighted by Crippen LogP contribution is 2.31. The van der Waals surface area contributed by atoms with Gasteiger partial charge >= 0.3 is 5.97 Å². The van der Waals surface area contributed by atoms with Crippen LogP contribution in [0.5, 0.6) is 0 Å². The number of carbonyl (C=O) groups is 1. The summed E-state index contributed by atoms with van der Waals surface area (Å²) in [5.74, 6) is -0.394. The zero-order valence-corrected chi connectivity index (χ0v) is 10.4. The fourth-order valence-corrected chi connectivity index (χ4v) is 2.17. The minimum Gasteiger partial charge on any atom is -0.468 e. The van der Waals surface area contributed by atoms with Gasteiger partial charge in [0.1, 0.15) is 4.83 Å². The second-order valence-corrected chi connectivity index (χ2v) is 4.31. The van der Waals surface area contributed by atoms with Crippen molar-refractivity contribution in [2.75, 3.05) is 7.11 Å². The number of hydrogen-bond donors (Lipinski definition) is 0. The molecule has 0 saturated carbocycles. The fraction of sp³-hybridized carbons (Fsp3) is 0.222. The molecule has 0 aliphatic rings. The van der Waals surface area contributed by atoms with Gasteiger partial charge in [-0.2, -0.15) is 0 Å². The number of methoxy groups -OCH3 is 1. The van der Waals surface area contributed by atoms with Gasteiger partial charge in [0, 0.05) is 10.0 Å². The summed E-state index contributed by atoms with van der Waals surface area (Å²) in [5, 5.41) is 0.966. The van der Waals surface area contributed by atoms with E-state index in [2.05, 4.69) is 20.7 Å².